The molecule has 0 spiro atoms. The molecule has 17 heavy (non-hydrogen) atoms. The number of methoxy groups -OCH3 is 2. The molecule has 4 nitrogen and oxygen atoms in total. The van der Waals surface area contributed by atoms with Crippen molar-refractivity contribution in [3.63, 3.8) is 0 Å². The van der Waals surface area contributed by atoms with Crippen LogP contribution < -0.4 is 0 Å². The Morgan fingerprint density at radius 1 is 1.29 bits per heavy atom. The minimum atomic E-state index is -0.532. The standard InChI is InChI=1S/C13H14O4/c1-15-13(16-2)8-10(14)12-7-9-5-3-4-6-11(9)17-12/h3-7,13H,8H2,1-2H3. The van der Waals surface area contributed by atoms with Crippen LogP contribution >= 0.6 is 0 Å². The molecular formula is C13H14O4. The van der Waals surface area contributed by atoms with Crippen molar-refractivity contribution in [2.75, 3.05) is 14.2 Å². The Hall–Kier alpha value is -1.65. The van der Waals surface area contributed by atoms with Crippen molar-refractivity contribution >= 4 is 16.8 Å². The van der Waals surface area contributed by atoms with E-state index in [4.69, 9.17) is 13.9 Å². The topological polar surface area (TPSA) is 48.7 Å². The third-order valence-corrected chi connectivity index (χ3v) is 2.58. The third-order valence-electron chi connectivity index (χ3n) is 2.58. The Kier molecular flexibility index (Phi) is 3.56. The van der Waals surface area contributed by atoms with E-state index in [1.807, 2.05) is 24.3 Å². The van der Waals surface area contributed by atoms with E-state index in [-0.39, 0.29) is 12.2 Å². The Balaban J connectivity index is 2.19. The SMILES string of the molecule is COC(CC(=O)c1cc2ccccc2o1)OC. The fourth-order valence-electron chi connectivity index (χ4n) is 1.63. The van der Waals surface area contributed by atoms with E-state index >= 15 is 0 Å². The zero-order chi connectivity index (χ0) is 12.3. The number of fused-ring (bicyclic) bond motifs is 1. The first-order valence-corrected chi connectivity index (χ1v) is 5.32. The fraction of sp³-hybridized carbons (Fsp3) is 0.308. The molecule has 0 bridgehead atoms. The number of hydrogen-bond acceptors (Lipinski definition) is 4. The molecule has 0 aliphatic rings. The number of carbonyl (C=O) groups is 1. The van der Waals surface area contributed by atoms with Crippen molar-refractivity contribution in [2.45, 2.75) is 12.7 Å². The summed E-state index contributed by atoms with van der Waals surface area (Å²) < 4.78 is 15.4. The molecule has 90 valence electrons. The van der Waals surface area contributed by atoms with Gasteiger partial charge in [0.1, 0.15) is 5.58 Å². The second-order valence-corrected chi connectivity index (χ2v) is 3.68. The zero-order valence-corrected chi connectivity index (χ0v) is 9.80. The Morgan fingerprint density at radius 2 is 2.00 bits per heavy atom. The molecule has 1 aromatic heterocycles. The summed E-state index contributed by atoms with van der Waals surface area (Å²) in [7, 11) is 3.00. The van der Waals surface area contributed by atoms with Gasteiger partial charge in [-0.15, -0.1) is 0 Å². The maximum atomic E-state index is 11.9. The molecule has 0 radical (unpaired) electrons. The van der Waals surface area contributed by atoms with Crippen LogP contribution in [0.3, 0.4) is 0 Å². The summed E-state index contributed by atoms with van der Waals surface area (Å²) in [6, 6.07) is 9.24. The van der Waals surface area contributed by atoms with Gasteiger partial charge in [-0.3, -0.25) is 4.79 Å². The molecule has 0 fully saturated rings. The summed E-state index contributed by atoms with van der Waals surface area (Å²) in [5, 5.41) is 0.919. The molecule has 0 aliphatic heterocycles. The van der Waals surface area contributed by atoms with Gasteiger partial charge in [-0.2, -0.15) is 0 Å². The first kappa shape index (κ1) is 11.8. The minimum Gasteiger partial charge on any atom is -0.453 e. The normalized spacial score (nSPS) is 11.2. The quantitative estimate of drug-likeness (QED) is 0.589. The molecule has 0 N–H and O–H groups in total. The average Bonchev–Trinajstić information content (AvgIpc) is 2.79. The van der Waals surface area contributed by atoms with Gasteiger partial charge in [-0.1, -0.05) is 18.2 Å². The number of ketones is 1. The Labute approximate surface area is 99.1 Å². The highest BCUT2D eigenvalue weighted by molar-refractivity contribution is 5.97. The van der Waals surface area contributed by atoms with E-state index in [0.29, 0.717) is 11.3 Å². The molecular weight excluding hydrogens is 220 g/mol. The zero-order valence-electron chi connectivity index (χ0n) is 9.80. The van der Waals surface area contributed by atoms with Gasteiger partial charge in [-0.25, -0.2) is 0 Å². The minimum absolute atomic E-state index is 0.130. The number of furan rings is 1. The van der Waals surface area contributed by atoms with Crippen LogP contribution in [0, 0.1) is 0 Å². The van der Waals surface area contributed by atoms with E-state index in [1.54, 1.807) is 6.07 Å². The summed E-state index contributed by atoms with van der Waals surface area (Å²) in [4.78, 5) is 11.9. The molecule has 2 rings (SSSR count). The molecule has 0 saturated carbocycles. The summed E-state index contributed by atoms with van der Waals surface area (Å²) >= 11 is 0. The maximum Gasteiger partial charge on any atom is 0.203 e. The van der Waals surface area contributed by atoms with Gasteiger partial charge < -0.3 is 13.9 Å². The highest BCUT2D eigenvalue weighted by Crippen LogP contribution is 2.20. The third kappa shape index (κ3) is 2.54. The molecule has 0 unspecified atom stereocenters. The number of hydrogen-bond donors (Lipinski definition) is 0. The number of ether oxygens (including phenoxy) is 2. The lowest BCUT2D eigenvalue weighted by molar-refractivity contribution is -0.0995. The highest BCUT2D eigenvalue weighted by Gasteiger charge is 2.17. The van der Waals surface area contributed by atoms with E-state index in [1.165, 1.54) is 14.2 Å². The molecule has 1 aromatic carbocycles. The Bertz CT molecular complexity index is 478. The van der Waals surface area contributed by atoms with Crippen molar-refractivity contribution in [3.8, 4) is 0 Å². The van der Waals surface area contributed by atoms with E-state index < -0.39 is 6.29 Å². The molecule has 0 saturated heterocycles. The van der Waals surface area contributed by atoms with Crippen LogP contribution in [-0.4, -0.2) is 26.3 Å². The predicted molar refractivity (Wildman–Crippen MR) is 63.0 cm³/mol. The molecule has 1 heterocycles. The summed E-state index contributed by atoms with van der Waals surface area (Å²) in [5.41, 5.74) is 0.710. The van der Waals surface area contributed by atoms with Crippen LogP contribution in [-0.2, 0) is 9.47 Å². The Morgan fingerprint density at radius 3 is 2.65 bits per heavy atom. The van der Waals surface area contributed by atoms with Gasteiger partial charge in [0, 0.05) is 19.6 Å². The number of para-hydroxylation sites is 1. The first-order valence-electron chi connectivity index (χ1n) is 5.32. The lowest BCUT2D eigenvalue weighted by atomic mass is 10.2. The van der Waals surface area contributed by atoms with Crippen LogP contribution in [0.5, 0.6) is 0 Å². The second-order valence-electron chi connectivity index (χ2n) is 3.68. The van der Waals surface area contributed by atoms with Crippen LogP contribution in [0.25, 0.3) is 11.0 Å². The van der Waals surface area contributed by atoms with Crippen LogP contribution in [0.2, 0.25) is 0 Å². The van der Waals surface area contributed by atoms with E-state index in [2.05, 4.69) is 0 Å². The molecule has 0 aliphatic carbocycles. The fourth-order valence-corrected chi connectivity index (χ4v) is 1.63. The van der Waals surface area contributed by atoms with Crippen molar-refractivity contribution < 1.29 is 18.7 Å². The second kappa shape index (κ2) is 5.12. The smallest absolute Gasteiger partial charge is 0.203 e. The summed E-state index contributed by atoms with van der Waals surface area (Å²) in [6.07, 6.45) is -0.386. The van der Waals surface area contributed by atoms with Crippen molar-refractivity contribution in [1.29, 1.82) is 0 Å². The van der Waals surface area contributed by atoms with Crippen LogP contribution in [0.1, 0.15) is 17.0 Å². The number of rotatable bonds is 5. The van der Waals surface area contributed by atoms with Crippen molar-refractivity contribution in [1.82, 2.24) is 0 Å². The number of benzene rings is 1. The van der Waals surface area contributed by atoms with E-state index in [9.17, 15) is 4.79 Å². The van der Waals surface area contributed by atoms with Crippen LogP contribution in [0.15, 0.2) is 34.7 Å². The van der Waals surface area contributed by atoms with Gasteiger partial charge in [0.05, 0.1) is 6.42 Å². The molecule has 2 aromatic rings. The van der Waals surface area contributed by atoms with Gasteiger partial charge in [-0.05, 0) is 12.1 Å². The monoisotopic (exact) mass is 234 g/mol. The number of carbonyl (C=O) groups excluding carboxylic acids is 1. The van der Waals surface area contributed by atoms with Crippen molar-refractivity contribution in [2.24, 2.45) is 0 Å². The first-order chi connectivity index (χ1) is 8.24. The predicted octanol–water partition coefficient (Wildman–Crippen LogP) is 2.62. The lowest BCUT2D eigenvalue weighted by Gasteiger charge is -2.10. The highest BCUT2D eigenvalue weighted by atomic mass is 16.7. The van der Waals surface area contributed by atoms with E-state index in [0.717, 1.165) is 5.39 Å². The van der Waals surface area contributed by atoms with Gasteiger partial charge in [0.15, 0.2) is 12.1 Å². The lowest BCUT2D eigenvalue weighted by Crippen LogP contribution is -2.17. The summed E-state index contributed by atoms with van der Waals surface area (Å²) in [6.45, 7) is 0. The van der Waals surface area contributed by atoms with Gasteiger partial charge in [0.25, 0.3) is 0 Å². The molecule has 4 heteroatoms. The molecule has 0 atom stereocenters. The molecule has 0 amide bonds. The van der Waals surface area contributed by atoms with Crippen LogP contribution in [0.4, 0.5) is 0 Å². The van der Waals surface area contributed by atoms with Gasteiger partial charge in [0.2, 0.25) is 5.78 Å². The van der Waals surface area contributed by atoms with Crippen molar-refractivity contribution in [3.05, 3.63) is 36.1 Å². The summed E-state index contributed by atoms with van der Waals surface area (Å²) in [5.74, 6) is 0.209. The largest absolute Gasteiger partial charge is 0.453 e. The maximum absolute atomic E-state index is 11.9. The van der Waals surface area contributed by atoms with Gasteiger partial charge >= 0.3 is 0 Å². The average molecular weight is 234 g/mol. The number of Topliss-reactive ketones (excluding diaryl/α,β-unsaturated/α-hetero) is 1.